The van der Waals surface area contributed by atoms with Crippen molar-refractivity contribution in [2.75, 3.05) is 0 Å². The second kappa shape index (κ2) is 6.08. The van der Waals surface area contributed by atoms with Crippen molar-refractivity contribution in [2.24, 2.45) is 40.4 Å². The summed E-state index contributed by atoms with van der Waals surface area (Å²) >= 11 is 0. The monoisotopic (exact) mass is 343 g/mol. The van der Waals surface area contributed by atoms with Gasteiger partial charge < -0.3 is 5.11 Å². The lowest BCUT2D eigenvalue weighted by atomic mass is 9.44. The van der Waals surface area contributed by atoms with Crippen LogP contribution in [0.2, 0.25) is 0 Å². The number of carbonyl (C=O) groups excluding carboxylic acids is 1. The molecule has 4 aliphatic rings. The van der Waals surface area contributed by atoms with Crippen molar-refractivity contribution in [1.29, 1.82) is 5.26 Å². The fourth-order valence-corrected chi connectivity index (χ4v) is 7.86. The molecular formula is C22H33NO2. The normalized spacial score (nSPS) is 52.0. The number of rotatable bonds is 2. The van der Waals surface area contributed by atoms with Gasteiger partial charge in [-0.15, -0.1) is 0 Å². The minimum atomic E-state index is -0.152. The van der Waals surface area contributed by atoms with Crippen LogP contribution in [0.5, 0.6) is 0 Å². The highest BCUT2D eigenvalue weighted by molar-refractivity contribution is 5.84. The van der Waals surface area contributed by atoms with Crippen molar-refractivity contribution in [2.45, 2.75) is 84.2 Å². The fraction of sp³-hybridized carbons (Fsp3) is 0.909. The Morgan fingerprint density at radius 1 is 1.16 bits per heavy atom. The van der Waals surface area contributed by atoms with Crippen LogP contribution in [-0.2, 0) is 4.79 Å². The van der Waals surface area contributed by atoms with Crippen LogP contribution >= 0.6 is 0 Å². The zero-order chi connectivity index (χ0) is 17.8. The molecule has 0 saturated heterocycles. The maximum absolute atomic E-state index is 13.4. The molecule has 25 heavy (non-hydrogen) atoms. The van der Waals surface area contributed by atoms with E-state index < -0.39 is 0 Å². The largest absolute Gasteiger partial charge is 0.393 e. The van der Waals surface area contributed by atoms with E-state index in [9.17, 15) is 9.90 Å². The fourth-order valence-electron chi connectivity index (χ4n) is 7.86. The molecule has 8 atom stereocenters. The molecule has 0 heterocycles. The highest BCUT2D eigenvalue weighted by atomic mass is 16.3. The van der Waals surface area contributed by atoms with Crippen molar-refractivity contribution in [1.82, 2.24) is 0 Å². The quantitative estimate of drug-likeness (QED) is 0.803. The molecule has 138 valence electrons. The first-order valence-electron chi connectivity index (χ1n) is 10.5. The molecule has 4 fully saturated rings. The highest BCUT2D eigenvalue weighted by Crippen LogP contribution is 2.66. The minimum Gasteiger partial charge on any atom is -0.393 e. The van der Waals surface area contributed by atoms with Gasteiger partial charge in [-0.25, -0.2) is 0 Å². The lowest BCUT2D eigenvalue weighted by molar-refractivity contribution is -0.161. The zero-order valence-corrected chi connectivity index (χ0v) is 15.8. The summed E-state index contributed by atoms with van der Waals surface area (Å²) in [5.41, 5.74) is 0.248. The van der Waals surface area contributed by atoms with Crippen LogP contribution in [0, 0.1) is 51.8 Å². The molecule has 0 spiro atoms. The van der Waals surface area contributed by atoms with E-state index >= 15 is 0 Å². The van der Waals surface area contributed by atoms with E-state index in [1.165, 1.54) is 25.7 Å². The molecule has 0 aromatic heterocycles. The average Bonchev–Trinajstić information content (AvgIpc) is 2.89. The first-order chi connectivity index (χ1) is 11.9. The lowest BCUT2D eigenvalue weighted by Gasteiger charge is -2.60. The van der Waals surface area contributed by atoms with E-state index in [0.29, 0.717) is 35.9 Å². The van der Waals surface area contributed by atoms with Crippen molar-refractivity contribution in [3.63, 3.8) is 0 Å². The summed E-state index contributed by atoms with van der Waals surface area (Å²) in [5.74, 6) is 3.04. The molecule has 0 aromatic carbocycles. The lowest BCUT2D eigenvalue weighted by Crippen LogP contribution is -2.57. The SMILES string of the molecule is C[C@]12CC(=O)[C@H]3[C@@H](CCC4CC(O)CC[C@@]43C)[C@@H]1CC[C@@H]2CCC#N. The predicted molar refractivity (Wildman–Crippen MR) is 96.5 cm³/mol. The van der Waals surface area contributed by atoms with Crippen molar-refractivity contribution in [3.05, 3.63) is 0 Å². The van der Waals surface area contributed by atoms with Gasteiger partial charge in [0.05, 0.1) is 12.2 Å². The third kappa shape index (κ3) is 2.51. The molecule has 4 aliphatic carbocycles. The van der Waals surface area contributed by atoms with E-state index in [-0.39, 0.29) is 22.9 Å². The molecular weight excluding hydrogens is 310 g/mol. The molecule has 3 nitrogen and oxygen atoms in total. The molecule has 0 bridgehead atoms. The number of nitriles is 1. The van der Waals surface area contributed by atoms with Gasteiger partial charge >= 0.3 is 0 Å². The number of Topliss-reactive ketones (excluding diaryl/α,β-unsaturated/α-hetero) is 1. The molecule has 4 rings (SSSR count). The summed E-state index contributed by atoms with van der Waals surface area (Å²) in [7, 11) is 0. The summed E-state index contributed by atoms with van der Waals surface area (Å²) < 4.78 is 0. The first-order valence-corrected chi connectivity index (χ1v) is 10.5. The number of carbonyl (C=O) groups is 1. The number of hydrogen-bond donors (Lipinski definition) is 1. The molecule has 0 amide bonds. The number of aliphatic hydroxyl groups excluding tert-OH is 1. The van der Waals surface area contributed by atoms with Crippen LogP contribution in [-0.4, -0.2) is 17.0 Å². The number of nitrogens with zero attached hydrogens (tertiary/aromatic N) is 1. The minimum absolute atomic E-state index is 0.116. The Labute approximate surface area is 152 Å². The second-order valence-electron chi connectivity index (χ2n) is 10.1. The molecule has 1 N–H and O–H groups in total. The van der Waals surface area contributed by atoms with E-state index in [4.69, 9.17) is 5.26 Å². The van der Waals surface area contributed by atoms with Gasteiger partial charge in [0.15, 0.2) is 0 Å². The Bertz CT molecular complexity index is 595. The Morgan fingerprint density at radius 3 is 2.72 bits per heavy atom. The van der Waals surface area contributed by atoms with Gasteiger partial charge in [0.25, 0.3) is 0 Å². The van der Waals surface area contributed by atoms with Gasteiger partial charge in [-0.05, 0) is 85.9 Å². The molecule has 0 aliphatic heterocycles. The van der Waals surface area contributed by atoms with Gasteiger partial charge in [-0.2, -0.15) is 5.26 Å². The van der Waals surface area contributed by atoms with Crippen molar-refractivity contribution in [3.8, 4) is 6.07 Å². The maximum Gasteiger partial charge on any atom is 0.137 e. The van der Waals surface area contributed by atoms with Gasteiger partial charge in [0.1, 0.15) is 5.78 Å². The summed E-state index contributed by atoms with van der Waals surface area (Å²) in [4.78, 5) is 13.4. The maximum atomic E-state index is 13.4. The number of aliphatic hydroxyl groups is 1. The van der Waals surface area contributed by atoms with Gasteiger partial charge in [-0.3, -0.25) is 4.79 Å². The topological polar surface area (TPSA) is 61.1 Å². The van der Waals surface area contributed by atoms with Gasteiger partial charge in [0.2, 0.25) is 0 Å². The van der Waals surface area contributed by atoms with E-state index in [1.54, 1.807) is 0 Å². The predicted octanol–water partition coefficient (Wildman–Crippen LogP) is 4.49. The van der Waals surface area contributed by atoms with Crippen molar-refractivity contribution >= 4 is 5.78 Å². The van der Waals surface area contributed by atoms with Crippen LogP contribution in [0.1, 0.15) is 78.1 Å². The van der Waals surface area contributed by atoms with E-state index in [2.05, 4.69) is 19.9 Å². The second-order valence-corrected chi connectivity index (χ2v) is 10.1. The standard InChI is InChI=1S/C22H33NO2/c1-21-10-9-16(24)12-15(21)5-7-17-18-8-6-14(4-3-11-23)22(18,2)13-19(25)20(17)21/h14-18,20,24H,3-10,12-13H2,1-2H3/t14-,15?,16?,17-,18-,20+,21-,22+/m0/s1. The van der Waals surface area contributed by atoms with Crippen LogP contribution < -0.4 is 0 Å². The number of ketones is 1. The Kier molecular flexibility index (Phi) is 4.27. The smallest absolute Gasteiger partial charge is 0.137 e. The number of hydrogen-bond acceptors (Lipinski definition) is 3. The van der Waals surface area contributed by atoms with E-state index in [0.717, 1.165) is 32.1 Å². The zero-order valence-electron chi connectivity index (χ0n) is 15.8. The summed E-state index contributed by atoms with van der Waals surface area (Å²) in [6, 6.07) is 2.31. The first kappa shape index (κ1) is 17.5. The molecule has 3 heteroatoms. The molecule has 0 radical (unpaired) electrons. The Morgan fingerprint density at radius 2 is 1.96 bits per heavy atom. The van der Waals surface area contributed by atoms with Crippen molar-refractivity contribution < 1.29 is 9.90 Å². The summed E-state index contributed by atoms with van der Waals surface area (Å²) in [5, 5.41) is 19.1. The summed E-state index contributed by atoms with van der Waals surface area (Å²) in [6.45, 7) is 4.73. The molecule has 2 unspecified atom stereocenters. The Balaban J connectivity index is 1.62. The molecule has 4 saturated carbocycles. The van der Waals surface area contributed by atoms with Crippen LogP contribution in [0.4, 0.5) is 0 Å². The third-order valence-electron chi connectivity index (χ3n) is 9.12. The van der Waals surface area contributed by atoms with Crippen LogP contribution in [0.3, 0.4) is 0 Å². The van der Waals surface area contributed by atoms with Gasteiger partial charge in [0, 0.05) is 18.8 Å². The van der Waals surface area contributed by atoms with Crippen LogP contribution in [0.15, 0.2) is 0 Å². The average molecular weight is 344 g/mol. The van der Waals surface area contributed by atoms with E-state index in [1.807, 2.05) is 0 Å². The van der Waals surface area contributed by atoms with Crippen LogP contribution in [0.25, 0.3) is 0 Å². The highest BCUT2D eigenvalue weighted by Gasteiger charge is 2.62. The van der Waals surface area contributed by atoms with Gasteiger partial charge in [-0.1, -0.05) is 13.8 Å². The summed E-state index contributed by atoms with van der Waals surface area (Å²) in [6.07, 6.45) is 9.81. The Hall–Kier alpha value is -0.880. The number of fused-ring (bicyclic) bond motifs is 5. The molecule has 0 aromatic rings. The third-order valence-corrected chi connectivity index (χ3v) is 9.12.